The van der Waals surface area contributed by atoms with Crippen LogP contribution in [0.1, 0.15) is 24.0 Å². The first-order valence-electron chi connectivity index (χ1n) is 6.01. The topological polar surface area (TPSA) is 25.8 Å². The van der Waals surface area contributed by atoms with Crippen molar-refractivity contribution < 1.29 is 0 Å². The van der Waals surface area contributed by atoms with Crippen molar-refractivity contribution in [1.82, 2.24) is 9.97 Å². The summed E-state index contributed by atoms with van der Waals surface area (Å²) in [4.78, 5) is 10.1. The molecule has 2 aromatic rings. The van der Waals surface area contributed by atoms with Crippen LogP contribution in [0.5, 0.6) is 0 Å². The molecule has 0 amide bonds. The van der Waals surface area contributed by atoms with E-state index in [1.807, 2.05) is 25.1 Å². The molecule has 0 radical (unpaired) electrons. The highest BCUT2D eigenvalue weighted by molar-refractivity contribution is 9.10. The number of thioether (sulfide) groups is 1. The summed E-state index contributed by atoms with van der Waals surface area (Å²) in [5, 5.41) is 0.581. The van der Waals surface area contributed by atoms with E-state index in [-0.39, 0.29) is 0 Å². The third-order valence-electron chi connectivity index (χ3n) is 2.76. The highest BCUT2D eigenvalue weighted by atomic mass is 79.9. The highest BCUT2D eigenvalue weighted by Gasteiger charge is 2.09. The second-order valence-electron chi connectivity index (χ2n) is 4.07. The van der Waals surface area contributed by atoms with Gasteiger partial charge in [0.2, 0.25) is 0 Å². The van der Waals surface area contributed by atoms with E-state index in [4.69, 9.17) is 11.6 Å². The second kappa shape index (κ2) is 6.73. The molecule has 1 aromatic heterocycles. The van der Waals surface area contributed by atoms with Gasteiger partial charge >= 0.3 is 0 Å². The van der Waals surface area contributed by atoms with Crippen LogP contribution < -0.4 is 0 Å². The molecule has 0 aliphatic rings. The molecule has 2 rings (SSSR count). The fraction of sp³-hybridized carbons (Fsp3) is 0.286. The molecular weight excluding hydrogens is 344 g/mol. The number of aromatic nitrogens is 2. The average Bonchev–Trinajstić information content (AvgIpc) is 2.37. The summed E-state index contributed by atoms with van der Waals surface area (Å²) in [7, 11) is 0. The Morgan fingerprint density at radius 2 is 2.00 bits per heavy atom. The Morgan fingerprint density at radius 3 is 2.63 bits per heavy atom. The van der Waals surface area contributed by atoms with Crippen molar-refractivity contribution in [2.45, 2.75) is 30.9 Å². The summed E-state index contributed by atoms with van der Waals surface area (Å²) in [6.45, 7) is 4.05. The molecule has 0 atom stereocenters. The molecule has 0 fully saturated rings. The number of nitrogens with zero attached hydrogens (tertiary/aromatic N) is 2. The quantitative estimate of drug-likeness (QED) is 0.565. The maximum Gasteiger partial charge on any atom is 0.140 e. The number of hydrogen-bond acceptors (Lipinski definition) is 3. The molecule has 2 nitrogen and oxygen atoms in total. The molecule has 19 heavy (non-hydrogen) atoms. The highest BCUT2D eigenvalue weighted by Crippen LogP contribution is 2.29. The Kier molecular flexibility index (Phi) is 5.25. The van der Waals surface area contributed by atoms with Crippen LogP contribution in [-0.2, 0) is 12.2 Å². The summed E-state index contributed by atoms with van der Waals surface area (Å²) in [5.41, 5.74) is 2.02. The summed E-state index contributed by atoms with van der Waals surface area (Å²) in [5.74, 6) is 1.49. The number of aryl methyl sites for hydroxylation is 1. The van der Waals surface area contributed by atoms with Crippen LogP contribution in [0, 0.1) is 6.92 Å². The van der Waals surface area contributed by atoms with Crippen LogP contribution in [0.15, 0.2) is 33.6 Å². The largest absolute Gasteiger partial charge is 0.237 e. The summed E-state index contributed by atoms with van der Waals surface area (Å²) < 4.78 is 1.09. The molecule has 0 saturated heterocycles. The summed E-state index contributed by atoms with van der Waals surface area (Å²) in [6.07, 6.45) is 0.863. The van der Waals surface area contributed by atoms with E-state index in [2.05, 4.69) is 38.9 Å². The number of rotatable bonds is 4. The lowest BCUT2D eigenvalue weighted by Crippen LogP contribution is -2.01. The zero-order valence-corrected chi connectivity index (χ0v) is 13.9. The Labute approximate surface area is 131 Å². The van der Waals surface area contributed by atoms with Gasteiger partial charge in [0.05, 0.1) is 5.75 Å². The second-order valence-corrected chi connectivity index (χ2v) is 6.30. The zero-order valence-electron chi connectivity index (χ0n) is 10.8. The molecular formula is C14H14BrClN2S. The van der Waals surface area contributed by atoms with Gasteiger partial charge in [-0.25, -0.2) is 9.97 Å². The van der Waals surface area contributed by atoms with E-state index in [9.17, 15) is 0 Å². The van der Waals surface area contributed by atoms with E-state index < -0.39 is 0 Å². The first-order valence-corrected chi connectivity index (χ1v) is 8.16. The Hall–Kier alpha value is -0.580. The smallest absolute Gasteiger partial charge is 0.140 e. The predicted molar refractivity (Wildman–Crippen MR) is 84.9 cm³/mol. The maximum absolute atomic E-state index is 6.18. The third-order valence-corrected chi connectivity index (χ3v) is 5.09. The summed E-state index contributed by atoms with van der Waals surface area (Å²) >= 11 is 11.4. The van der Waals surface area contributed by atoms with E-state index in [0.29, 0.717) is 10.9 Å². The van der Waals surface area contributed by atoms with E-state index >= 15 is 0 Å². The van der Waals surface area contributed by atoms with Crippen LogP contribution in [0.4, 0.5) is 0 Å². The first kappa shape index (κ1) is 14.8. The van der Waals surface area contributed by atoms with Gasteiger partial charge in [0.1, 0.15) is 11.0 Å². The Morgan fingerprint density at radius 1 is 1.26 bits per heavy atom. The Bertz CT molecular complexity index is 566. The lowest BCUT2D eigenvalue weighted by molar-refractivity contribution is 0.938. The number of halogens is 2. The molecule has 5 heteroatoms. The van der Waals surface area contributed by atoms with Crippen LogP contribution in [0.2, 0.25) is 5.15 Å². The van der Waals surface area contributed by atoms with Gasteiger partial charge in [-0.1, -0.05) is 30.7 Å². The number of benzene rings is 1. The van der Waals surface area contributed by atoms with Gasteiger partial charge in [-0.3, -0.25) is 0 Å². The SMILES string of the molecule is CCc1c(C)nc(CSc2ccccc2Br)nc1Cl. The van der Waals surface area contributed by atoms with Gasteiger partial charge in [0.15, 0.2) is 0 Å². The van der Waals surface area contributed by atoms with Crippen molar-refractivity contribution in [2.24, 2.45) is 0 Å². The molecule has 0 N–H and O–H groups in total. The van der Waals surface area contributed by atoms with Gasteiger partial charge in [-0.2, -0.15) is 0 Å². The van der Waals surface area contributed by atoms with Gasteiger partial charge in [-0.15, -0.1) is 11.8 Å². The van der Waals surface area contributed by atoms with Crippen molar-refractivity contribution in [3.05, 3.63) is 51.0 Å². The van der Waals surface area contributed by atoms with Crippen molar-refractivity contribution in [3.8, 4) is 0 Å². The minimum Gasteiger partial charge on any atom is -0.237 e. The minimum atomic E-state index is 0.581. The van der Waals surface area contributed by atoms with Crippen LogP contribution in [-0.4, -0.2) is 9.97 Å². The van der Waals surface area contributed by atoms with E-state index in [1.165, 1.54) is 4.90 Å². The molecule has 0 aliphatic heterocycles. The average molecular weight is 358 g/mol. The molecule has 0 saturated carbocycles. The van der Waals surface area contributed by atoms with Crippen LogP contribution in [0.25, 0.3) is 0 Å². The standard InChI is InChI=1S/C14H14BrClN2S/c1-3-10-9(2)17-13(18-14(10)16)8-19-12-7-5-4-6-11(12)15/h4-7H,3,8H2,1-2H3. The third kappa shape index (κ3) is 3.71. The molecule has 0 bridgehead atoms. The van der Waals surface area contributed by atoms with Gasteiger partial charge in [-0.05, 0) is 41.4 Å². The molecule has 1 aromatic carbocycles. The van der Waals surface area contributed by atoms with Gasteiger partial charge in [0.25, 0.3) is 0 Å². The minimum absolute atomic E-state index is 0.581. The first-order chi connectivity index (χ1) is 9.11. The van der Waals surface area contributed by atoms with Gasteiger partial charge in [0, 0.05) is 20.6 Å². The van der Waals surface area contributed by atoms with E-state index in [0.717, 1.165) is 28.0 Å². The zero-order chi connectivity index (χ0) is 13.8. The number of hydrogen-bond donors (Lipinski definition) is 0. The molecule has 0 unspecified atom stereocenters. The molecule has 0 spiro atoms. The van der Waals surface area contributed by atoms with Crippen LogP contribution in [0.3, 0.4) is 0 Å². The molecule has 100 valence electrons. The monoisotopic (exact) mass is 356 g/mol. The van der Waals surface area contributed by atoms with Gasteiger partial charge < -0.3 is 0 Å². The fourth-order valence-electron chi connectivity index (χ4n) is 1.79. The predicted octanol–water partition coefficient (Wildman–Crippen LogP) is 5.06. The maximum atomic E-state index is 6.18. The molecule has 0 aliphatic carbocycles. The Balaban J connectivity index is 2.15. The lowest BCUT2D eigenvalue weighted by atomic mass is 10.2. The van der Waals surface area contributed by atoms with Crippen LogP contribution >= 0.6 is 39.3 Å². The van der Waals surface area contributed by atoms with Crippen molar-refractivity contribution >= 4 is 39.3 Å². The summed E-state index contributed by atoms with van der Waals surface area (Å²) in [6, 6.07) is 8.12. The van der Waals surface area contributed by atoms with Crippen molar-refractivity contribution in [3.63, 3.8) is 0 Å². The van der Waals surface area contributed by atoms with Crippen molar-refractivity contribution in [1.29, 1.82) is 0 Å². The van der Waals surface area contributed by atoms with Crippen molar-refractivity contribution in [2.75, 3.05) is 0 Å². The lowest BCUT2D eigenvalue weighted by Gasteiger charge is -2.08. The normalized spacial score (nSPS) is 10.7. The fourth-order valence-corrected chi connectivity index (χ4v) is 3.58. The van der Waals surface area contributed by atoms with E-state index in [1.54, 1.807) is 11.8 Å². The molecule has 1 heterocycles.